The van der Waals surface area contributed by atoms with Gasteiger partial charge in [-0.3, -0.25) is 4.79 Å². The Hall–Kier alpha value is -0.870. The van der Waals surface area contributed by atoms with Crippen LogP contribution in [0.4, 0.5) is 0 Å². The van der Waals surface area contributed by atoms with Gasteiger partial charge in [-0.05, 0) is 42.9 Å². The summed E-state index contributed by atoms with van der Waals surface area (Å²) < 4.78 is 1.08. The first-order chi connectivity index (χ1) is 9.16. The van der Waals surface area contributed by atoms with Crippen LogP contribution in [-0.2, 0) is 17.8 Å². The van der Waals surface area contributed by atoms with E-state index in [0.717, 1.165) is 36.7 Å². The molecule has 3 nitrogen and oxygen atoms in total. The zero-order valence-electron chi connectivity index (χ0n) is 10.8. The van der Waals surface area contributed by atoms with Gasteiger partial charge in [0.25, 0.3) is 0 Å². The second kappa shape index (κ2) is 5.25. The van der Waals surface area contributed by atoms with Gasteiger partial charge in [0.05, 0.1) is 12.0 Å². The SMILES string of the molecule is O=C(C1CCCC1O)N1CCc2cccc(Br)c2C1. The molecule has 1 aromatic rings. The van der Waals surface area contributed by atoms with Crippen LogP contribution in [0.2, 0.25) is 0 Å². The van der Waals surface area contributed by atoms with Gasteiger partial charge in [-0.15, -0.1) is 0 Å². The van der Waals surface area contributed by atoms with Gasteiger partial charge < -0.3 is 10.0 Å². The normalized spacial score (nSPS) is 26.3. The van der Waals surface area contributed by atoms with Crippen LogP contribution in [0.1, 0.15) is 30.4 Å². The summed E-state index contributed by atoms with van der Waals surface area (Å²) in [7, 11) is 0. The molecule has 19 heavy (non-hydrogen) atoms. The highest BCUT2D eigenvalue weighted by Crippen LogP contribution is 2.31. The van der Waals surface area contributed by atoms with Crippen molar-refractivity contribution in [1.82, 2.24) is 4.90 Å². The monoisotopic (exact) mass is 323 g/mol. The molecule has 1 N–H and O–H groups in total. The Morgan fingerprint density at radius 3 is 2.95 bits per heavy atom. The summed E-state index contributed by atoms with van der Waals surface area (Å²) >= 11 is 3.57. The van der Waals surface area contributed by atoms with E-state index in [4.69, 9.17) is 0 Å². The molecule has 4 heteroatoms. The molecule has 1 aliphatic heterocycles. The van der Waals surface area contributed by atoms with Crippen LogP contribution in [0, 0.1) is 5.92 Å². The van der Waals surface area contributed by atoms with Gasteiger partial charge in [0.1, 0.15) is 0 Å². The number of carbonyl (C=O) groups excluding carboxylic acids is 1. The summed E-state index contributed by atoms with van der Waals surface area (Å²) in [5.74, 6) is -0.0459. The molecule has 0 spiro atoms. The van der Waals surface area contributed by atoms with Crippen molar-refractivity contribution < 1.29 is 9.90 Å². The predicted molar refractivity (Wildman–Crippen MR) is 76.6 cm³/mol. The molecule has 2 unspecified atom stereocenters. The van der Waals surface area contributed by atoms with Crippen molar-refractivity contribution in [1.29, 1.82) is 0 Å². The molecule has 0 bridgehead atoms. The first-order valence-corrected chi connectivity index (χ1v) is 7.69. The third-order valence-corrected chi connectivity index (χ3v) is 5.07. The number of benzene rings is 1. The maximum Gasteiger partial charge on any atom is 0.228 e. The van der Waals surface area contributed by atoms with Crippen LogP contribution in [0.3, 0.4) is 0 Å². The topological polar surface area (TPSA) is 40.5 Å². The Balaban J connectivity index is 1.78. The van der Waals surface area contributed by atoms with E-state index in [0.29, 0.717) is 6.54 Å². The molecular formula is C15H18BrNO2. The average molecular weight is 324 g/mol. The molecular weight excluding hydrogens is 306 g/mol. The molecule has 1 amide bonds. The average Bonchev–Trinajstić information content (AvgIpc) is 2.84. The summed E-state index contributed by atoms with van der Waals surface area (Å²) in [6.07, 6.45) is 3.03. The van der Waals surface area contributed by atoms with Crippen LogP contribution in [0.25, 0.3) is 0 Å². The van der Waals surface area contributed by atoms with Crippen molar-refractivity contribution in [2.45, 2.75) is 38.3 Å². The zero-order chi connectivity index (χ0) is 13.4. The van der Waals surface area contributed by atoms with Gasteiger partial charge in [-0.25, -0.2) is 0 Å². The Morgan fingerprint density at radius 1 is 1.37 bits per heavy atom. The van der Waals surface area contributed by atoms with Gasteiger partial charge >= 0.3 is 0 Å². The fraction of sp³-hybridized carbons (Fsp3) is 0.533. The highest BCUT2D eigenvalue weighted by molar-refractivity contribution is 9.10. The number of aliphatic hydroxyl groups is 1. The maximum atomic E-state index is 12.5. The molecule has 102 valence electrons. The fourth-order valence-corrected chi connectivity index (χ4v) is 3.72. The Morgan fingerprint density at radius 2 is 2.21 bits per heavy atom. The molecule has 0 radical (unpaired) electrons. The van der Waals surface area contributed by atoms with E-state index in [1.54, 1.807) is 0 Å². The van der Waals surface area contributed by atoms with Crippen LogP contribution in [0.15, 0.2) is 22.7 Å². The molecule has 1 heterocycles. The van der Waals surface area contributed by atoms with Gasteiger partial charge in [0, 0.05) is 17.6 Å². The van der Waals surface area contributed by atoms with Crippen molar-refractivity contribution in [2.24, 2.45) is 5.92 Å². The number of hydrogen-bond acceptors (Lipinski definition) is 2. The number of aliphatic hydroxyl groups excluding tert-OH is 1. The van der Waals surface area contributed by atoms with Crippen LogP contribution >= 0.6 is 15.9 Å². The highest BCUT2D eigenvalue weighted by atomic mass is 79.9. The Bertz CT molecular complexity index is 503. The number of rotatable bonds is 1. The molecule has 2 atom stereocenters. The number of amides is 1. The van der Waals surface area contributed by atoms with E-state index in [2.05, 4.69) is 22.0 Å². The minimum absolute atomic E-state index is 0.131. The van der Waals surface area contributed by atoms with Crippen molar-refractivity contribution in [3.63, 3.8) is 0 Å². The summed E-state index contributed by atoms with van der Waals surface area (Å²) in [5, 5.41) is 9.88. The fourth-order valence-electron chi connectivity index (χ4n) is 3.19. The lowest BCUT2D eigenvalue weighted by Gasteiger charge is -2.32. The van der Waals surface area contributed by atoms with Crippen LogP contribution < -0.4 is 0 Å². The van der Waals surface area contributed by atoms with Crippen molar-refractivity contribution in [2.75, 3.05) is 6.54 Å². The smallest absolute Gasteiger partial charge is 0.228 e. The highest BCUT2D eigenvalue weighted by Gasteiger charge is 2.35. The maximum absolute atomic E-state index is 12.5. The molecule has 0 aromatic heterocycles. The van der Waals surface area contributed by atoms with E-state index in [1.807, 2.05) is 17.0 Å². The minimum atomic E-state index is -0.437. The minimum Gasteiger partial charge on any atom is -0.392 e. The second-order valence-electron chi connectivity index (χ2n) is 5.49. The zero-order valence-corrected chi connectivity index (χ0v) is 12.4. The number of fused-ring (bicyclic) bond motifs is 1. The predicted octanol–water partition coefficient (Wildman–Crippen LogP) is 2.49. The van der Waals surface area contributed by atoms with Crippen molar-refractivity contribution in [3.05, 3.63) is 33.8 Å². The molecule has 1 fully saturated rings. The van der Waals surface area contributed by atoms with E-state index >= 15 is 0 Å². The summed E-state index contributed by atoms with van der Waals surface area (Å²) in [6.45, 7) is 1.43. The molecule has 0 saturated heterocycles. The van der Waals surface area contributed by atoms with Gasteiger partial charge in [0.15, 0.2) is 0 Å². The third kappa shape index (κ3) is 2.43. The first kappa shape index (κ1) is 13.1. The number of hydrogen-bond donors (Lipinski definition) is 1. The second-order valence-corrected chi connectivity index (χ2v) is 6.35. The van der Waals surface area contributed by atoms with Crippen LogP contribution in [0.5, 0.6) is 0 Å². The summed E-state index contributed by atoms with van der Waals surface area (Å²) in [4.78, 5) is 14.4. The molecule has 3 rings (SSSR count). The third-order valence-electron chi connectivity index (χ3n) is 4.32. The Kier molecular flexibility index (Phi) is 3.63. The number of nitrogens with zero attached hydrogens (tertiary/aromatic N) is 1. The summed E-state index contributed by atoms with van der Waals surface area (Å²) in [5.41, 5.74) is 2.54. The first-order valence-electron chi connectivity index (χ1n) is 6.90. The van der Waals surface area contributed by atoms with Crippen molar-refractivity contribution >= 4 is 21.8 Å². The quantitative estimate of drug-likeness (QED) is 0.862. The number of carbonyl (C=O) groups is 1. The van der Waals surface area contributed by atoms with Crippen LogP contribution in [-0.4, -0.2) is 28.6 Å². The molecule has 2 aliphatic rings. The van der Waals surface area contributed by atoms with E-state index in [9.17, 15) is 9.90 Å². The van der Waals surface area contributed by atoms with E-state index < -0.39 is 6.10 Å². The van der Waals surface area contributed by atoms with E-state index in [1.165, 1.54) is 11.1 Å². The van der Waals surface area contributed by atoms with E-state index in [-0.39, 0.29) is 11.8 Å². The van der Waals surface area contributed by atoms with Gasteiger partial charge in [-0.2, -0.15) is 0 Å². The van der Waals surface area contributed by atoms with Gasteiger partial charge in [-0.1, -0.05) is 28.1 Å². The number of halogens is 1. The summed E-state index contributed by atoms with van der Waals surface area (Å²) in [6, 6.07) is 6.20. The largest absolute Gasteiger partial charge is 0.392 e. The lowest BCUT2D eigenvalue weighted by atomic mass is 9.97. The van der Waals surface area contributed by atoms with Crippen molar-refractivity contribution in [3.8, 4) is 0 Å². The standard InChI is InChI=1S/C15H18BrNO2/c16-13-5-1-3-10-7-8-17(9-12(10)13)15(19)11-4-2-6-14(11)18/h1,3,5,11,14,18H,2,4,6-9H2. The molecule has 1 saturated carbocycles. The lowest BCUT2D eigenvalue weighted by molar-refractivity contribution is -0.139. The molecule has 1 aliphatic carbocycles. The Labute approximate surface area is 121 Å². The van der Waals surface area contributed by atoms with Gasteiger partial charge in [0.2, 0.25) is 5.91 Å². The lowest BCUT2D eigenvalue weighted by Crippen LogP contribution is -2.42. The molecule has 1 aromatic carbocycles.